The Bertz CT molecular complexity index is 668. The van der Waals surface area contributed by atoms with Crippen LogP contribution in [0.15, 0.2) is 35.2 Å². The first-order valence-corrected chi connectivity index (χ1v) is 7.08. The highest BCUT2D eigenvalue weighted by Gasteiger charge is 2.07. The van der Waals surface area contributed by atoms with Gasteiger partial charge in [-0.2, -0.15) is 0 Å². The van der Waals surface area contributed by atoms with Gasteiger partial charge in [0.05, 0.1) is 11.1 Å². The first-order chi connectivity index (χ1) is 8.83. The van der Waals surface area contributed by atoms with Crippen molar-refractivity contribution < 1.29 is 0 Å². The van der Waals surface area contributed by atoms with Gasteiger partial charge in [-0.25, -0.2) is 9.97 Å². The second kappa shape index (κ2) is 4.87. The van der Waals surface area contributed by atoms with E-state index in [4.69, 9.17) is 5.73 Å². The van der Waals surface area contributed by atoms with E-state index >= 15 is 0 Å². The molecule has 3 aromatic rings. The van der Waals surface area contributed by atoms with E-state index in [0.717, 1.165) is 15.9 Å². The third kappa shape index (κ3) is 2.27. The van der Waals surface area contributed by atoms with Gasteiger partial charge in [-0.05, 0) is 11.4 Å². The SMILES string of the molecule is Nc1nc(SCc2cnccn2)nc2sccc12. The Morgan fingerprint density at radius 2 is 2.22 bits per heavy atom. The minimum Gasteiger partial charge on any atom is -0.383 e. The summed E-state index contributed by atoms with van der Waals surface area (Å²) in [5, 5.41) is 3.56. The van der Waals surface area contributed by atoms with Crippen molar-refractivity contribution in [2.45, 2.75) is 10.9 Å². The van der Waals surface area contributed by atoms with Crippen LogP contribution in [-0.4, -0.2) is 19.9 Å². The molecule has 0 saturated carbocycles. The zero-order chi connectivity index (χ0) is 12.4. The van der Waals surface area contributed by atoms with Crippen molar-refractivity contribution in [3.63, 3.8) is 0 Å². The van der Waals surface area contributed by atoms with Gasteiger partial charge in [-0.15, -0.1) is 11.3 Å². The smallest absolute Gasteiger partial charge is 0.191 e. The molecule has 90 valence electrons. The molecule has 7 heteroatoms. The summed E-state index contributed by atoms with van der Waals surface area (Å²) in [5.74, 6) is 1.22. The number of thiophene rings is 1. The van der Waals surface area contributed by atoms with E-state index in [9.17, 15) is 0 Å². The summed E-state index contributed by atoms with van der Waals surface area (Å²) in [6, 6.07) is 1.94. The second-order valence-electron chi connectivity index (χ2n) is 3.52. The number of nitrogens with zero attached hydrogens (tertiary/aromatic N) is 4. The second-order valence-corrected chi connectivity index (χ2v) is 5.35. The van der Waals surface area contributed by atoms with E-state index in [-0.39, 0.29) is 0 Å². The minimum absolute atomic E-state index is 0.530. The third-order valence-electron chi connectivity index (χ3n) is 2.30. The molecule has 18 heavy (non-hydrogen) atoms. The Labute approximate surface area is 112 Å². The van der Waals surface area contributed by atoms with Gasteiger partial charge in [0.15, 0.2) is 5.16 Å². The molecule has 0 spiro atoms. The lowest BCUT2D eigenvalue weighted by Crippen LogP contribution is -1.95. The summed E-state index contributed by atoms with van der Waals surface area (Å²) in [5.41, 5.74) is 6.78. The van der Waals surface area contributed by atoms with Gasteiger partial charge in [0.1, 0.15) is 10.6 Å². The van der Waals surface area contributed by atoms with Gasteiger partial charge >= 0.3 is 0 Å². The molecule has 0 fully saturated rings. The van der Waals surface area contributed by atoms with E-state index in [0.29, 0.717) is 16.7 Å². The van der Waals surface area contributed by atoms with Crippen LogP contribution < -0.4 is 5.73 Å². The van der Waals surface area contributed by atoms with Crippen molar-refractivity contribution in [1.29, 1.82) is 0 Å². The van der Waals surface area contributed by atoms with Crippen molar-refractivity contribution in [2.24, 2.45) is 0 Å². The van der Waals surface area contributed by atoms with Crippen LogP contribution in [0.5, 0.6) is 0 Å². The van der Waals surface area contributed by atoms with Crippen LogP contribution >= 0.6 is 23.1 Å². The Hall–Kier alpha value is -1.73. The summed E-state index contributed by atoms with van der Waals surface area (Å²) in [7, 11) is 0. The fraction of sp³-hybridized carbons (Fsp3) is 0.0909. The van der Waals surface area contributed by atoms with Crippen LogP contribution in [0.25, 0.3) is 10.2 Å². The van der Waals surface area contributed by atoms with Gasteiger partial charge in [-0.1, -0.05) is 11.8 Å². The topological polar surface area (TPSA) is 77.6 Å². The zero-order valence-electron chi connectivity index (χ0n) is 9.28. The van der Waals surface area contributed by atoms with Crippen LogP contribution in [-0.2, 0) is 5.75 Å². The molecular formula is C11H9N5S2. The van der Waals surface area contributed by atoms with Crippen molar-refractivity contribution in [2.75, 3.05) is 5.73 Å². The van der Waals surface area contributed by atoms with Crippen molar-refractivity contribution >= 4 is 39.1 Å². The molecule has 0 aliphatic rings. The molecule has 0 atom stereocenters. The molecule has 0 aliphatic carbocycles. The zero-order valence-corrected chi connectivity index (χ0v) is 10.9. The van der Waals surface area contributed by atoms with Crippen molar-refractivity contribution in [3.05, 3.63) is 35.7 Å². The Morgan fingerprint density at radius 3 is 3.06 bits per heavy atom. The number of hydrogen-bond acceptors (Lipinski definition) is 7. The number of hydrogen-bond donors (Lipinski definition) is 1. The summed E-state index contributed by atoms with van der Waals surface area (Å²) in [6.07, 6.45) is 5.06. The molecule has 2 N–H and O–H groups in total. The van der Waals surface area contributed by atoms with E-state index < -0.39 is 0 Å². The van der Waals surface area contributed by atoms with E-state index in [1.165, 1.54) is 11.8 Å². The van der Waals surface area contributed by atoms with Gasteiger partial charge in [0.25, 0.3) is 0 Å². The molecule has 0 amide bonds. The summed E-state index contributed by atoms with van der Waals surface area (Å²) < 4.78 is 0. The van der Waals surface area contributed by atoms with Gasteiger partial charge in [-0.3, -0.25) is 9.97 Å². The van der Waals surface area contributed by atoms with Gasteiger partial charge < -0.3 is 5.73 Å². The molecule has 3 rings (SSSR count). The monoisotopic (exact) mass is 275 g/mol. The van der Waals surface area contributed by atoms with Gasteiger partial charge in [0.2, 0.25) is 0 Å². The van der Waals surface area contributed by atoms with Crippen LogP contribution in [0.3, 0.4) is 0 Å². The molecular weight excluding hydrogens is 266 g/mol. The lowest BCUT2D eigenvalue weighted by molar-refractivity contribution is 1.01. The number of nitrogen functional groups attached to an aromatic ring is 1. The third-order valence-corrected chi connectivity index (χ3v) is 3.99. The fourth-order valence-electron chi connectivity index (χ4n) is 1.47. The molecule has 5 nitrogen and oxygen atoms in total. The number of thioether (sulfide) groups is 1. The number of aromatic nitrogens is 4. The predicted octanol–water partition coefficient (Wildman–Crippen LogP) is 2.36. The van der Waals surface area contributed by atoms with Gasteiger partial charge in [0, 0.05) is 24.3 Å². The Balaban J connectivity index is 1.82. The highest BCUT2D eigenvalue weighted by Crippen LogP contribution is 2.27. The standard InChI is InChI=1S/C11H9N5S2/c12-9-8-1-4-17-10(8)16-11(15-9)18-6-7-5-13-2-3-14-7/h1-5H,6H2,(H2,12,15,16). The quantitative estimate of drug-likeness (QED) is 0.584. The van der Waals surface area contributed by atoms with E-state index in [2.05, 4.69) is 19.9 Å². The normalized spacial score (nSPS) is 10.9. The molecule has 0 unspecified atom stereocenters. The minimum atomic E-state index is 0.530. The average Bonchev–Trinajstić information content (AvgIpc) is 2.86. The number of nitrogens with two attached hydrogens (primary N) is 1. The number of anilines is 1. The van der Waals surface area contributed by atoms with E-state index in [1.807, 2.05) is 11.4 Å². The van der Waals surface area contributed by atoms with Crippen LogP contribution in [0.4, 0.5) is 5.82 Å². The number of fused-ring (bicyclic) bond motifs is 1. The highest BCUT2D eigenvalue weighted by molar-refractivity contribution is 7.98. The first kappa shape index (κ1) is 11.4. The molecule has 3 aromatic heterocycles. The maximum atomic E-state index is 5.88. The molecule has 0 bridgehead atoms. The van der Waals surface area contributed by atoms with Crippen molar-refractivity contribution in [3.8, 4) is 0 Å². The fourth-order valence-corrected chi connectivity index (χ4v) is 3.04. The summed E-state index contributed by atoms with van der Waals surface area (Å²) in [6.45, 7) is 0. The lowest BCUT2D eigenvalue weighted by Gasteiger charge is -2.01. The largest absolute Gasteiger partial charge is 0.383 e. The summed E-state index contributed by atoms with van der Waals surface area (Å²) in [4.78, 5) is 17.9. The van der Waals surface area contributed by atoms with Crippen LogP contribution in [0.1, 0.15) is 5.69 Å². The summed E-state index contributed by atoms with van der Waals surface area (Å²) >= 11 is 3.07. The molecule has 0 radical (unpaired) electrons. The predicted molar refractivity (Wildman–Crippen MR) is 73.4 cm³/mol. The average molecular weight is 275 g/mol. The molecule has 0 aliphatic heterocycles. The van der Waals surface area contributed by atoms with Crippen LogP contribution in [0, 0.1) is 0 Å². The Kier molecular flexibility index (Phi) is 3.07. The maximum absolute atomic E-state index is 5.88. The molecule has 0 saturated heterocycles. The molecule has 3 heterocycles. The number of rotatable bonds is 3. The highest BCUT2D eigenvalue weighted by atomic mass is 32.2. The van der Waals surface area contributed by atoms with Crippen molar-refractivity contribution in [1.82, 2.24) is 19.9 Å². The molecule has 0 aromatic carbocycles. The first-order valence-electron chi connectivity index (χ1n) is 5.21. The van der Waals surface area contributed by atoms with E-state index in [1.54, 1.807) is 29.9 Å². The lowest BCUT2D eigenvalue weighted by atomic mass is 10.4. The Morgan fingerprint density at radius 1 is 1.28 bits per heavy atom. The maximum Gasteiger partial charge on any atom is 0.191 e. The van der Waals surface area contributed by atoms with Crippen LogP contribution in [0.2, 0.25) is 0 Å².